The van der Waals surface area contributed by atoms with Crippen LogP contribution < -0.4 is 15.5 Å². The van der Waals surface area contributed by atoms with Gasteiger partial charge in [0.25, 0.3) is 0 Å². The van der Waals surface area contributed by atoms with E-state index in [1.807, 2.05) is 30.8 Å². The van der Waals surface area contributed by atoms with Gasteiger partial charge in [-0.15, -0.1) is 0 Å². The maximum atomic E-state index is 5.74. The molecule has 0 radical (unpaired) electrons. The lowest BCUT2D eigenvalue weighted by molar-refractivity contribution is 0.580. The third-order valence-corrected chi connectivity index (χ3v) is 4.23. The molecule has 1 aliphatic heterocycles. The number of hydrogen-bond acceptors (Lipinski definition) is 7. The Labute approximate surface area is 112 Å². The van der Waals surface area contributed by atoms with Crippen molar-refractivity contribution in [3.63, 3.8) is 0 Å². The molecule has 0 bridgehead atoms. The Bertz CT molecular complexity index is 403. The van der Waals surface area contributed by atoms with Crippen molar-refractivity contribution in [3.05, 3.63) is 0 Å². The number of rotatable bonds is 3. The fourth-order valence-corrected chi connectivity index (χ4v) is 2.68. The molecule has 1 aliphatic rings. The molecule has 100 valence electrons. The molecule has 0 aromatic carbocycles. The van der Waals surface area contributed by atoms with Crippen molar-refractivity contribution < 1.29 is 0 Å². The van der Waals surface area contributed by atoms with Crippen molar-refractivity contribution in [2.75, 3.05) is 49.0 Å². The summed E-state index contributed by atoms with van der Waals surface area (Å²) < 4.78 is 0. The molecule has 0 atom stereocenters. The van der Waals surface area contributed by atoms with Crippen LogP contribution in [0.15, 0.2) is 0 Å². The van der Waals surface area contributed by atoms with E-state index in [-0.39, 0.29) is 5.95 Å². The zero-order valence-corrected chi connectivity index (χ0v) is 11.9. The number of thioether (sulfide) groups is 1. The quantitative estimate of drug-likeness (QED) is 0.871. The van der Waals surface area contributed by atoms with Crippen LogP contribution in [0.2, 0.25) is 0 Å². The van der Waals surface area contributed by atoms with Crippen LogP contribution >= 0.6 is 11.8 Å². The molecule has 0 saturated carbocycles. The van der Waals surface area contributed by atoms with Crippen LogP contribution in [-0.2, 0) is 0 Å². The summed E-state index contributed by atoms with van der Waals surface area (Å²) >= 11 is 1.94. The van der Waals surface area contributed by atoms with Crippen LogP contribution in [-0.4, -0.2) is 53.6 Å². The Kier molecular flexibility index (Phi) is 4.11. The highest BCUT2D eigenvalue weighted by molar-refractivity contribution is 7.99. The number of aromatic nitrogens is 3. The molecule has 0 amide bonds. The fraction of sp³-hybridized carbons (Fsp3) is 0.727. The first kappa shape index (κ1) is 13.2. The molecule has 2 heterocycles. The van der Waals surface area contributed by atoms with Gasteiger partial charge in [-0.2, -0.15) is 26.7 Å². The maximum absolute atomic E-state index is 5.74. The number of nitrogen functional groups attached to an aromatic ring is 1. The van der Waals surface area contributed by atoms with E-state index in [1.165, 1.54) is 12.8 Å². The van der Waals surface area contributed by atoms with Crippen LogP contribution in [0.4, 0.5) is 17.8 Å². The predicted molar refractivity (Wildman–Crippen MR) is 77.3 cm³/mol. The predicted octanol–water partition coefficient (Wildman–Crippen LogP) is 0.852. The fourth-order valence-electron chi connectivity index (χ4n) is 2.00. The third-order valence-electron chi connectivity index (χ3n) is 3.09. The number of nitrogens with zero attached hydrogens (tertiary/aromatic N) is 5. The Hall–Kier alpha value is -1.24. The zero-order valence-electron chi connectivity index (χ0n) is 11.1. The van der Waals surface area contributed by atoms with Gasteiger partial charge in [0.15, 0.2) is 0 Å². The smallest absolute Gasteiger partial charge is 0.231 e. The van der Waals surface area contributed by atoms with Crippen molar-refractivity contribution in [3.8, 4) is 0 Å². The minimum absolute atomic E-state index is 0.288. The third kappa shape index (κ3) is 2.95. The second-order valence-electron chi connectivity index (χ2n) is 4.61. The van der Waals surface area contributed by atoms with Gasteiger partial charge in [0.1, 0.15) is 0 Å². The Balaban J connectivity index is 2.13. The molecule has 0 spiro atoms. The highest BCUT2D eigenvalue weighted by atomic mass is 32.2. The largest absolute Gasteiger partial charge is 0.368 e. The van der Waals surface area contributed by atoms with Crippen molar-refractivity contribution in [1.29, 1.82) is 0 Å². The number of hydrogen-bond donors (Lipinski definition) is 1. The van der Waals surface area contributed by atoms with Gasteiger partial charge in [-0.3, -0.25) is 0 Å². The van der Waals surface area contributed by atoms with Crippen molar-refractivity contribution in [2.45, 2.75) is 18.1 Å². The average Bonchev–Trinajstić information content (AvgIpc) is 2.38. The van der Waals surface area contributed by atoms with Crippen LogP contribution in [0.25, 0.3) is 0 Å². The molecule has 18 heavy (non-hydrogen) atoms. The van der Waals surface area contributed by atoms with Gasteiger partial charge in [0, 0.05) is 32.4 Å². The highest BCUT2D eigenvalue weighted by Crippen LogP contribution is 2.24. The number of nitrogens with two attached hydrogens (primary N) is 1. The Morgan fingerprint density at radius 3 is 2.44 bits per heavy atom. The molecule has 6 nitrogen and oxygen atoms in total. The van der Waals surface area contributed by atoms with E-state index in [2.05, 4.69) is 26.1 Å². The summed E-state index contributed by atoms with van der Waals surface area (Å²) in [5.41, 5.74) is 5.74. The Morgan fingerprint density at radius 2 is 1.89 bits per heavy atom. The molecule has 0 aliphatic carbocycles. The molecule has 1 saturated heterocycles. The van der Waals surface area contributed by atoms with Crippen molar-refractivity contribution >= 4 is 29.6 Å². The monoisotopic (exact) mass is 268 g/mol. The minimum atomic E-state index is 0.288. The summed E-state index contributed by atoms with van der Waals surface area (Å²) in [6.07, 6.45) is 4.51. The lowest BCUT2D eigenvalue weighted by Crippen LogP contribution is -2.36. The molecule has 2 rings (SSSR count). The summed E-state index contributed by atoms with van der Waals surface area (Å²) in [4.78, 5) is 16.8. The van der Waals surface area contributed by atoms with E-state index in [4.69, 9.17) is 5.73 Å². The van der Waals surface area contributed by atoms with E-state index in [0.717, 1.165) is 18.3 Å². The second-order valence-corrected chi connectivity index (χ2v) is 5.75. The molecule has 7 heteroatoms. The number of anilines is 3. The van der Waals surface area contributed by atoms with Crippen molar-refractivity contribution in [1.82, 2.24) is 15.0 Å². The summed E-state index contributed by atoms with van der Waals surface area (Å²) in [5.74, 6) is 1.60. The molecule has 1 aromatic heterocycles. The van der Waals surface area contributed by atoms with Gasteiger partial charge in [-0.05, 0) is 19.1 Å². The summed E-state index contributed by atoms with van der Waals surface area (Å²) in [6.45, 7) is 1.98. The molecule has 0 unspecified atom stereocenters. The molecular weight excluding hydrogens is 248 g/mol. The Morgan fingerprint density at radius 1 is 1.22 bits per heavy atom. The SMILES string of the molecule is CSC1CCN(c2nc(N)nc(N(C)C)n2)CC1. The first-order valence-electron chi connectivity index (χ1n) is 6.06. The van der Waals surface area contributed by atoms with E-state index < -0.39 is 0 Å². The number of piperidine rings is 1. The first-order valence-corrected chi connectivity index (χ1v) is 7.35. The highest BCUT2D eigenvalue weighted by Gasteiger charge is 2.21. The first-order chi connectivity index (χ1) is 8.60. The standard InChI is InChI=1S/C11H20N6S/c1-16(2)10-13-9(12)14-11(15-10)17-6-4-8(18-3)5-7-17/h8H,4-7H2,1-3H3,(H2,12,13,14,15). The summed E-state index contributed by atoms with van der Waals surface area (Å²) in [6, 6.07) is 0. The molecule has 1 aromatic rings. The van der Waals surface area contributed by atoms with E-state index in [0.29, 0.717) is 11.9 Å². The summed E-state index contributed by atoms with van der Waals surface area (Å²) in [7, 11) is 3.80. The molecule has 2 N–H and O–H groups in total. The van der Waals surface area contributed by atoms with Gasteiger partial charge in [-0.25, -0.2) is 0 Å². The van der Waals surface area contributed by atoms with E-state index in [1.54, 1.807) is 0 Å². The lowest BCUT2D eigenvalue weighted by Gasteiger charge is -2.31. The average molecular weight is 268 g/mol. The van der Waals surface area contributed by atoms with E-state index in [9.17, 15) is 0 Å². The maximum Gasteiger partial charge on any atom is 0.231 e. The van der Waals surface area contributed by atoms with Gasteiger partial charge in [-0.1, -0.05) is 0 Å². The molecular formula is C11H20N6S. The van der Waals surface area contributed by atoms with Gasteiger partial charge in [0.05, 0.1) is 0 Å². The van der Waals surface area contributed by atoms with Crippen LogP contribution in [0, 0.1) is 0 Å². The van der Waals surface area contributed by atoms with Crippen molar-refractivity contribution in [2.24, 2.45) is 0 Å². The lowest BCUT2D eigenvalue weighted by atomic mass is 10.1. The van der Waals surface area contributed by atoms with Gasteiger partial charge < -0.3 is 15.5 Å². The minimum Gasteiger partial charge on any atom is -0.368 e. The zero-order chi connectivity index (χ0) is 13.1. The van der Waals surface area contributed by atoms with Gasteiger partial charge >= 0.3 is 0 Å². The van der Waals surface area contributed by atoms with E-state index >= 15 is 0 Å². The van der Waals surface area contributed by atoms with Crippen LogP contribution in [0.5, 0.6) is 0 Å². The van der Waals surface area contributed by atoms with Crippen LogP contribution in [0.1, 0.15) is 12.8 Å². The van der Waals surface area contributed by atoms with Crippen LogP contribution in [0.3, 0.4) is 0 Å². The topological polar surface area (TPSA) is 71.2 Å². The summed E-state index contributed by atoms with van der Waals surface area (Å²) in [5, 5.41) is 0.758. The second kappa shape index (κ2) is 5.60. The normalized spacial score (nSPS) is 16.9. The van der Waals surface area contributed by atoms with Gasteiger partial charge in [0.2, 0.25) is 17.8 Å². The molecule has 1 fully saturated rings.